The number of ether oxygens (including phenoxy) is 1. The predicted octanol–water partition coefficient (Wildman–Crippen LogP) is 3.05. The van der Waals surface area contributed by atoms with Crippen LogP contribution in [0.15, 0.2) is 53.7 Å². The molecule has 0 saturated heterocycles. The summed E-state index contributed by atoms with van der Waals surface area (Å²) in [4.78, 5) is 11.4. The molecule has 0 aliphatic rings. The molecule has 1 N–H and O–H groups in total. The molecule has 1 heterocycles. The van der Waals surface area contributed by atoms with Gasteiger partial charge in [0.2, 0.25) is 5.16 Å². The Morgan fingerprint density at radius 1 is 1.30 bits per heavy atom. The number of aromatic nitrogens is 4. The van der Waals surface area contributed by atoms with Crippen LogP contribution in [0.25, 0.3) is 5.69 Å². The van der Waals surface area contributed by atoms with E-state index >= 15 is 0 Å². The van der Waals surface area contributed by atoms with E-state index in [-0.39, 0.29) is 12.4 Å². The number of carbonyl (C=O) groups excluding carboxylic acids is 1. The summed E-state index contributed by atoms with van der Waals surface area (Å²) in [5, 5.41) is 23.0. The fraction of sp³-hybridized carbons (Fsp3) is 0.222. The summed E-state index contributed by atoms with van der Waals surface area (Å²) in [5.41, 5.74) is 1.34. The SMILES string of the molecule is CC(=O)c1cccc(OC[C@H](O)CSc2nnnn2-c2ccc(Cl)cc2)c1. The first kappa shape index (κ1) is 19.3. The summed E-state index contributed by atoms with van der Waals surface area (Å²) in [6, 6.07) is 14.0. The van der Waals surface area contributed by atoms with E-state index in [1.807, 2.05) is 12.1 Å². The Balaban J connectivity index is 1.55. The van der Waals surface area contributed by atoms with Crippen LogP contribution in [0.1, 0.15) is 17.3 Å². The largest absolute Gasteiger partial charge is 0.491 e. The average Bonchev–Trinajstić information content (AvgIpc) is 3.14. The number of Topliss-reactive ketones (excluding diaryl/α,β-unsaturated/α-hetero) is 1. The van der Waals surface area contributed by atoms with Crippen molar-refractivity contribution < 1.29 is 14.6 Å². The van der Waals surface area contributed by atoms with E-state index in [2.05, 4.69) is 15.5 Å². The molecule has 0 aliphatic heterocycles. The third kappa shape index (κ3) is 5.29. The standard InChI is InChI=1S/C18H17ClN4O3S/c1-12(24)13-3-2-4-17(9-13)26-10-16(25)11-27-18-20-21-22-23(18)15-7-5-14(19)6-8-15/h2-9,16,25H,10-11H2,1H3/t16-/m0/s1. The highest BCUT2D eigenvalue weighted by atomic mass is 35.5. The van der Waals surface area contributed by atoms with Crippen LogP contribution in [0.3, 0.4) is 0 Å². The van der Waals surface area contributed by atoms with E-state index < -0.39 is 6.10 Å². The maximum Gasteiger partial charge on any atom is 0.214 e. The van der Waals surface area contributed by atoms with Gasteiger partial charge in [-0.1, -0.05) is 35.5 Å². The number of hydrogen-bond acceptors (Lipinski definition) is 7. The van der Waals surface area contributed by atoms with Crippen LogP contribution in [0, 0.1) is 0 Å². The highest BCUT2D eigenvalue weighted by Gasteiger charge is 2.13. The maximum atomic E-state index is 11.4. The summed E-state index contributed by atoms with van der Waals surface area (Å²) in [7, 11) is 0. The topological polar surface area (TPSA) is 90.1 Å². The molecule has 0 fully saturated rings. The van der Waals surface area contributed by atoms with Crippen LogP contribution < -0.4 is 4.74 Å². The second kappa shape index (κ2) is 8.98. The van der Waals surface area contributed by atoms with Gasteiger partial charge in [-0.3, -0.25) is 4.79 Å². The lowest BCUT2D eigenvalue weighted by atomic mass is 10.1. The van der Waals surface area contributed by atoms with Gasteiger partial charge in [0.05, 0.1) is 11.8 Å². The predicted molar refractivity (Wildman–Crippen MR) is 103 cm³/mol. The van der Waals surface area contributed by atoms with Crippen molar-refractivity contribution in [2.75, 3.05) is 12.4 Å². The molecular weight excluding hydrogens is 388 g/mol. The van der Waals surface area contributed by atoms with E-state index in [9.17, 15) is 9.90 Å². The first-order valence-corrected chi connectivity index (χ1v) is 9.48. The van der Waals surface area contributed by atoms with Crippen molar-refractivity contribution in [2.45, 2.75) is 18.2 Å². The summed E-state index contributed by atoms with van der Waals surface area (Å²) < 4.78 is 7.14. The van der Waals surface area contributed by atoms with Crippen LogP contribution in [-0.2, 0) is 0 Å². The van der Waals surface area contributed by atoms with E-state index in [0.29, 0.717) is 27.2 Å². The Bertz CT molecular complexity index is 917. The first-order valence-electron chi connectivity index (χ1n) is 8.12. The van der Waals surface area contributed by atoms with Gasteiger partial charge in [0.1, 0.15) is 12.4 Å². The molecule has 1 aromatic heterocycles. The summed E-state index contributed by atoms with van der Waals surface area (Å²) in [6.45, 7) is 1.59. The van der Waals surface area contributed by atoms with Gasteiger partial charge in [-0.05, 0) is 53.7 Å². The van der Waals surface area contributed by atoms with E-state index in [1.165, 1.54) is 18.7 Å². The second-order valence-corrected chi connectivity index (χ2v) is 7.13. The smallest absolute Gasteiger partial charge is 0.214 e. The van der Waals surface area contributed by atoms with Crippen molar-refractivity contribution in [1.29, 1.82) is 0 Å². The third-order valence-corrected chi connectivity index (χ3v) is 4.92. The number of aliphatic hydroxyl groups excluding tert-OH is 1. The summed E-state index contributed by atoms with van der Waals surface area (Å²) >= 11 is 7.21. The maximum absolute atomic E-state index is 11.4. The fourth-order valence-corrected chi connectivity index (χ4v) is 3.15. The normalized spacial score (nSPS) is 12.0. The van der Waals surface area contributed by atoms with Crippen LogP contribution in [0.4, 0.5) is 0 Å². The lowest BCUT2D eigenvalue weighted by Gasteiger charge is -2.12. The summed E-state index contributed by atoms with van der Waals surface area (Å²) in [5.74, 6) is 0.851. The Labute approximate surface area is 165 Å². The number of halogens is 1. The van der Waals surface area contributed by atoms with E-state index in [4.69, 9.17) is 16.3 Å². The minimum Gasteiger partial charge on any atom is -0.491 e. The number of tetrazole rings is 1. The van der Waals surface area contributed by atoms with Crippen molar-refractivity contribution >= 4 is 29.1 Å². The molecule has 9 heteroatoms. The van der Waals surface area contributed by atoms with Crippen molar-refractivity contribution in [2.24, 2.45) is 0 Å². The molecule has 7 nitrogen and oxygen atoms in total. The second-order valence-electron chi connectivity index (χ2n) is 5.71. The fourth-order valence-electron chi connectivity index (χ4n) is 2.23. The van der Waals surface area contributed by atoms with Crippen molar-refractivity contribution in [3.8, 4) is 11.4 Å². The van der Waals surface area contributed by atoms with Crippen LogP contribution in [0.5, 0.6) is 5.75 Å². The average molecular weight is 405 g/mol. The highest BCUT2D eigenvalue weighted by Crippen LogP contribution is 2.21. The van der Waals surface area contributed by atoms with Crippen molar-refractivity contribution in [3.63, 3.8) is 0 Å². The first-order chi connectivity index (χ1) is 13.0. The third-order valence-electron chi connectivity index (χ3n) is 3.60. The van der Waals surface area contributed by atoms with Gasteiger partial charge >= 0.3 is 0 Å². The van der Waals surface area contributed by atoms with E-state index in [0.717, 1.165) is 5.69 Å². The van der Waals surface area contributed by atoms with Crippen LogP contribution in [-0.4, -0.2) is 49.6 Å². The number of carbonyl (C=O) groups is 1. The molecule has 0 radical (unpaired) electrons. The van der Waals surface area contributed by atoms with Gasteiger partial charge in [-0.25, -0.2) is 0 Å². The number of aliphatic hydroxyl groups is 1. The molecule has 0 saturated carbocycles. The molecule has 0 aliphatic carbocycles. The Kier molecular flexibility index (Phi) is 6.44. The minimum atomic E-state index is -0.730. The zero-order valence-corrected chi connectivity index (χ0v) is 16.0. The lowest BCUT2D eigenvalue weighted by molar-refractivity contribution is 0.101. The number of ketones is 1. The Morgan fingerprint density at radius 3 is 2.81 bits per heavy atom. The number of hydrogen-bond donors (Lipinski definition) is 1. The van der Waals surface area contributed by atoms with Gasteiger partial charge in [0.15, 0.2) is 5.78 Å². The van der Waals surface area contributed by atoms with Gasteiger partial charge in [-0.2, -0.15) is 4.68 Å². The molecule has 2 aromatic carbocycles. The molecule has 140 valence electrons. The Hall–Kier alpha value is -2.42. The lowest BCUT2D eigenvalue weighted by Crippen LogP contribution is -2.20. The van der Waals surface area contributed by atoms with Gasteiger partial charge in [0.25, 0.3) is 0 Å². The number of rotatable bonds is 8. The zero-order chi connectivity index (χ0) is 19.2. The minimum absolute atomic E-state index is 0.0365. The van der Waals surface area contributed by atoms with Gasteiger partial charge in [-0.15, -0.1) is 5.10 Å². The number of nitrogens with zero attached hydrogens (tertiary/aromatic N) is 4. The highest BCUT2D eigenvalue weighted by molar-refractivity contribution is 7.99. The number of benzene rings is 2. The molecule has 0 bridgehead atoms. The van der Waals surface area contributed by atoms with Gasteiger partial charge < -0.3 is 9.84 Å². The molecule has 3 rings (SSSR count). The monoisotopic (exact) mass is 404 g/mol. The van der Waals surface area contributed by atoms with Crippen molar-refractivity contribution in [1.82, 2.24) is 20.2 Å². The van der Waals surface area contributed by atoms with Crippen molar-refractivity contribution in [3.05, 3.63) is 59.1 Å². The quantitative estimate of drug-likeness (QED) is 0.455. The number of thioether (sulfide) groups is 1. The van der Waals surface area contributed by atoms with Crippen LogP contribution >= 0.6 is 23.4 Å². The zero-order valence-electron chi connectivity index (χ0n) is 14.4. The molecule has 1 atom stereocenters. The molecule has 3 aromatic rings. The van der Waals surface area contributed by atoms with E-state index in [1.54, 1.807) is 41.1 Å². The van der Waals surface area contributed by atoms with Crippen LogP contribution in [0.2, 0.25) is 5.02 Å². The molecule has 0 amide bonds. The summed E-state index contributed by atoms with van der Waals surface area (Å²) in [6.07, 6.45) is -0.730. The molecule has 27 heavy (non-hydrogen) atoms. The molecular formula is C18H17ClN4O3S. The Morgan fingerprint density at radius 2 is 2.07 bits per heavy atom. The molecule has 0 unspecified atom stereocenters. The molecule has 0 spiro atoms. The van der Waals surface area contributed by atoms with Gasteiger partial charge in [0, 0.05) is 16.3 Å².